The molecular formula is C18H17N5O4. The predicted octanol–water partition coefficient (Wildman–Crippen LogP) is 2.56. The van der Waals surface area contributed by atoms with Crippen molar-refractivity contribution in [2.24, 2.45) is 17.5 Å². The van der Waals surface area contributed by atoms with Crippen LogP contribution in [0.2, 0.25) is 0 Å². The van der Waals surface area contributed by atoms with Gasteiger partial charge in [-0.25, -0.2) is 22.6 Å². The van der Waals surface area contributed by atoms with Crippen LogP contribution in [0.25, 0.3) is 0 Å². The van der Waals surface area contributed by atoms with E-state index in [1.807, 2.05) is 0 Å². The van der Waals surface area contributed by atoms with Crippen molar-refractivity contribution in [1.82, 2.24) is 0 Å². The zero-order valence-corrected chi connectivity index (χ0v) is 14.0. The van der Waals surface area contributed by atoms with Crippen molar-refractivity contribution in [3.63, 3.8) is 0 Å². The Morgan fingerprint density at radius 2 is 1.59 bits per heavy atom. The number of rotatable bonds is 3. The van der Waals surface area contributed by atoms with Crippen LogP contribution in [0.1, 0.15) is 0 Å². The van der Waals surface area contributed by atoms with Gasteiger partial charge in [-0.2, -0.15) is 0 Å². The molecule has 4 rings (SSSR count). The van der Waals surface area contributed by atoms with E-state index in [9.17, 15) is 10.2 Å². The third-order valence-electron chi connectivity index (χ3n) is 4.08. The lowest BCUT2D eigenvalue weighted by Crippen LogP contribution is -2.37. The Labute approximate surface area is 154 Å². The van der Waals surface area contributed by atoms with Crippen LogP contribution < -0.4 is 37.1 Å². The highest BCUT2D eigenvalue weighted by Gasteiger charge is 2.23. The number of phenolic OH excluding ortho intramolecular Hbond substituents is 2. The number of hydrazine groups is 3. The van der Waals surface area contributed by atoms with Crippen molar-refractivity contribution < 1.29 is 19.7 Å². The molecule has 0 saturated heterocycles. The van der Waals surface area contributed by atoms with E-state index >= 15 is 0 Å². The Hall–Kier alpha value is -3.66. The minimum Gasteiger partial charge on any atom is -0.508 e. The normalized spacial score (nSPS) is 12.0. The number of ether oxygens (including phenoxy) is 2. The van der Waals surface area contributed by atoms with Crippen molar-refractivity contribution in [1.29, 1.82) is 0 Å². The summed E-state index contributed by atoms with van der Waals surface area (Å²) in [6.45, 7) is 0. The van der Waals surface area contributed by atoms with E-state index in [0.29, 0.717) is 34.3 Å². The van der Waals surface area contributed by atoms with Gasteiger partial charge in [0.2, 0.25) is 0 Å². The maximum atomic E-state index is 10.0. The van der Waals surface area contributed by atoms with Gasteiger partial charge in [0, 0.05) is 18.2 Å². The molecule has 1 heterocycles. The number of nitrogens with two attached hydrogens (primary N) is 3. The number of hydrogen-bond acceptors (Lipinski definition) is 9. The predicted molar refractivity (Wildman–Crippen MR) is 100.0 cm³/mol. The van der Waals surface area contributed by atoms with E-state index in [1.165, 1.54) is 29.3 Å². The Morgan fingerprint density at radius 1 is 0.889 bits per heavy atom. The van der Waals surface area contributed by atoms with E-state index in [2.05, 4.69) is 0 Å². The van der Waals surface area contributed by atoms with Crippen LogP contribution in [0.4, 0.5) is 17.1 Å². The first kappa shape index (κ1) is 16.8. The summed E-state index contributed by atoms with van der Waals surface area (Å²) in [6.07, 6.45) is 0. The minimum atomic E-state index is -0.0741. The van der Waals surface area contributed by atoms with Crippen LogP contribution in [0, 0.1) is 0 Å². The number of aromatic hydroxyl groups is 2. The van der Waals surface area contributed by atoms with Crippen molar-refractivity contribution in [3.05, 3.63) is 54.6 Å². The van der Waals surface area contributed by atoms with Gasteiger partial charge in [-0.1, -0.05) is 0 Å². The van der Waals surface area contributed by atoms with Crippen LogP contribution >= 0.6 is 0 Å². The van der Waals surface area contributed by atoms with E-state index in [0.717, 1.165) is 5.12 Å². The first-order chi connectivity index (χ1) is 12.9. The van der Waals surface area contributed by atoms with Gasteiger partial charge < -0.3 is 19.7 Å². The van der Waals surface area contributed by atoms with E-state index < -0.39 is 0 Å². The highest BCUT2D eigenvalue weighted by Crippen LogP contribution is 2.47. The number of hydrogen-bond donors (Lipinski definition) is 5. The van der Waals surface area contributed by atoms with E-state index in [-0.39, 0.29) is 17.2 Å². The van der Waals surface area contributed by atoms with Gasteiger partial charge in [0.25, 0.3) is 0 Å². The van der Waals surface area contributed by atoms with Crippen molar-refractivity contribution in [3.8, 4) is 34.5 Å². The summed E-state index contributed by atoms with van der Waals surface area (Å²) in [7, 11) is 0. The Kier molecular flexibility index (Phi) is 3.89. The lowest BCUT2D eigenvalue weighted by atomic mass is 10.2. The molecule has 0 aromatic heterocycles. The van der Waals surface area contributed by atoms with Crippen LogP contribution in [-0.2, 0) is 0 Å². The SMILES string of the molecule is NN(N)c1ccc(O)c(Oc2ccc3c(c2)Oc2cc(O)ccc2N3N)c1. The summed E-state index contributed by atoms with van der Waals surface area (Å²) in [6, 6.07) is 14.2. The van der Waals surface area contributed by atoms with Crippen LogP contribution in [0.15, 0.2) is 54.6 Å². The molecule has 3 aromatic rings. The zero-order valence-electron chi connectivity index (χ0n) is 14.0. The second-order valence-electron chi connectivity index (χ2n) is 5.91. The Balaban J connectivity index is 1.67. The molecule has 8 N–H and O–H groups in total. The van der Waals surface area contributed by atoms with Gasteiger partial charge >= 0.3 is 0 Å². The lowest BCUT2D eigenvalue weighted by molar-refractivity contribution is 0.407. The molecule has 0 atom stereocenters. The fraction of sp³-hybridized carbons (Fsp3) is 0. The fourth-order valence-electron chi connectivity index (χ4n) is 2.74. The van der Waals surface area contributed by atoms with Crippen molar-refractivity contribution in [2.75, 3.05) is 10.1 Å². The molecule has 1 aliphatic heterocycles. The quantitative estimate of drug-likeness (QED) is 0.348. The molecule has 9 nitrogen and oxygen atoms in total. The molecule has 0 fully saturated rings. The van der Waals surface area contributed by atoms with E-state index in [4.69, 9.17) is 27.0 Å². The number of anilines is 3. The van der Waals surface area contributed by atoms with Gasteiger partial charge in [0.05, 0.1) is 5.69 Å². The fourth-order valence-corrected chi connectivity index (χ4v) is 2.74. The monoisotopic (exact) mass is 367 g/mol. The van der Waals surface area contributed by atoms with Gasteiger partial charge in [0.15, 0.2) is 23.0 Å². The van der Waals surface area contributed by atoms with Crippen molar-refractivity contribution >= 4 is 17.1 Å². The molecule has 0 spiro atoms. The smallest absolute Gasteiger partial charge is 0.171 e. The minimum absolute atomic E-state index is 0.0628. The van der Waals surface area contributed by atoms with Gasteiger partial charge in [-0.15, -0.1) is 0 Å². The van der Waals surface area contributed by atoms with Crippen LogP contribution in [0.5, 0.6) is 34.5 Å². The first-order valence-corrected chi connectivity index (χ1v) is 7.92. The summed E-state index contributed by atoms with van der Waals surface area (Å²) in [5, 5.41) is 22.0. The van der Waals surface area contributed by atoms with Crippen molar-refractivity contribution in [2.45, 2.75) is 0 Å². The molecule has 1 aliphatic rings. The van der Waals surface area contributed by atoms with Gasteiger partial charge in [-0.3, -0.25) is 5.01 Å². The second-order valence-corrected chi connectivity index (χ2v) is 5.91. The van der Waals surface area contributed by atoms with Gasteiger partial charge in [0.1, 0.15) is 22.9 Å². The average molecular weight is 367 g/mol. The molecule has 138 valence electrons. The molecule has 0 bridgehead atoms. The Morgan fingerprint density at radius 3 is 2.33 bits per heavy atom. The zero-order chi connectivity index (χ0) is 19.1. The topological polar surface area (TPSA) is 143 Å². The third-order valence-corrected chi connectivity index (χ3v) is 4.08. The molecule has 0 saturated carbocycles. The number of phenols is 2. The third kappa shape index (κ3) is 3.02. The average Bonchev–Trinajstić information content (AvgIpc) is 2.63. The summed E-state index contributed by atoms with van der Waals surface area (Å²) in [4.78, 5) is 0. The molecule has 3 aromatic carbocycles. The maximum absolute atomic E-state index is 10.0. The van der Waals surface area contributed by atoms with Crippen LogP contribution in [0.3, 0.4) is 0 Å². The number of nitrogens with zero attached hydrogens (tertiary/aromatic N) is 2. The Bertz CT molecular complexity index is 1020. The highest BCUT2D eigenvalue weighted by molar-refractivity contribution is 5.78. The maximum Gasteiger partial charge on any atom is 0.171 e. The number of benzene rings is 3. The standard InChI is InChI=1S/C18H17N5O4/c19-22-13-4-2-11(24)8-16(13)27-17-9-12(3-5-14(17)22)26-18-7-10(23(20)21)1-6-15(18)25/h1-9,24-25H,19-21H2. The lowest BCUT2D eigenvalue weighted by Gasteiger charge is -2.29. The second kappa shape index (κ2) is 6.25. The molecule has 9 heteroatoms. The summed E-state index contributed by atoms with van der Waals surface area (Å²) < 4.78 is 11.6. The molecule has 27 heavy (non-hydrogen) atoms. The van der Waals surface area contributed by atoms with Gasteiger partial charge in [-0.05, 0) is 36.4 Å². The molecule has 0 radical (unpaired) electrons. The number of fused-ring (bicyclic) bond motifs is 2. The first-order valence-electron chi connectivity index (χ1n) is 7.92. The summed E-state index contributed by atoms with van der Waals surface area (Å²) in [5.74, 6) is 18.6. The molecule has 0 amide bonds. The molecule has 0 unspecified atom stereocenters. The molecular weight excluding hydrogens is 350 g/mol. The molecule has 0 aliphatic carbocycles. The largest absolute Gasteiger partial charge is 0.508 e. The van der Waals surface area contributed by atoms with E-state index in [1.54, 1.807) is 30.3 Å². The summed E-state index contributed by atoms with van der Waals surface area (Å²) >= 11 is 0. The summed E-state index contributed by atoms with van der Waals surface area (Å²) in [5.41, 5.74) is 1.69. The highest BCUT2D eigenvalue weighted by atomic mass is 16.5. The van der Waals surface area contributed by atoms with Crippen LogP contribution in [-0.4, -0.2) is 10.2 Å².